The zero-order valence-corrected chi connectivity index (χ0v) is 15.9. The normalized spacial score (nSPS) is 15.7. The van der Waals surface area contributed by atoms with E-state index in [0.29, 0.717) is 38.0 Å². The Balaban J connectivity index is 1.54. The van der Waals surface area contributed by atoms with Crippen molar-refractivity contribution < 1.29 is 17.6 Å². The number of alkyl halides is 2. The minimum absolute atomic E-state index is 0.245. The number of hydrogen-bond acceptors (Lipinski definition) is 7. The molecule has 1 aliphatic heterocycles. The van der Waals surface area contributed by atoms with Crippen LogP contribution < -0.4 is 10.6 Å². The summed E-state index contributed by atoms with van der Waals surface area (Å²) in [6.07, 6.45) is 3.10. The van der Waals surface area contributed by atoms with Gasteiger partial charge in [0, 0.05) is 28.9 Å². The summed E-state index contributed by atoms with van der Waals surface area (Å²) in [5, 5.41) is 0.982. The van der Waals surface area contributed by atoms with E-state index in [2.05, 4.69) is 15.0 Å². The predicted octanol–water partition coefficient (Wildman–Crippen LogP) is 4.50. The van der Waals surface area contributed by atoms with Crippen molar-refractivity contribution in [2.75, 3.05) is 23.7 Å². The van der Waals surface area contributed by atoms with E-state index in [0.717, 1.165) is 5.56 Å². The van der Waals surface area contributed by atoms with Gasteiger partial charge in [-0.2, -0.15) is 0 Å². The van der Waals surface area contributed by atoms with Crippen LogP contribution in [0.3, 0.4) is 0 Å². The standard InChI is InChI=1S/C19H14F3N5OS/c1-9-12-4-11(20)2-3-13(12)28-15(9)14-16(29-17(23)26-14)10-5-24-18(25-6-10)27-7-19(21,22)8-27/h2-6H,7-8H2,1H3,(H2,23,26). The Hall–Kier alpha value is -3.14. The SMILES string of the molecule is Cc1c(-c2nc(N)sc2-c2cnc(N3CC(F)(F)C3)nc2)oc2ccc(F)cc12. The third kappa shape index (κ3) is 3.00. The van der Waals surface area contributed by atoms with Gasteiger partial charge in [0.1, 0.15) is 17.1 Å². The molecule has 4 aromatic rings. The number of aryl methyl sites for hydroxylation is 1. The summed E-state index contributed by atoms with van der Waals surface area (Å²) in [5.74, 6) is -2.32. The number of halogens is 3. The van der Waals surface area contributed by atoms with Gasteiger partial charge >= 0.3 is 0 Å². The number of anilines is 2. The molecule has 29 heavy (non-hydrogen) atoms. The van der Waals surface area contributed by atoms with E-state index in [1.807, 2.05) is 6.92 Å². The lowest BCUT2D eigenvalue weighted by Gasteiger charge is -2.38. The second-order valence-electron chi connectivity index (χ2n) is 6.91. The van der Waals surface area contributed by atoms with Crippen LogP contribution in [0.1, 0.15) is 5.56 Å². The summed E-state index contributed by atoms with van der Waals surface area (Å²) in [6, 6.07) is 4.31. The lowest BCUT2D eigenvalue weighted by atomic mass is 10.1. The summed E-state index contributed by atoms with van der Waals surface area (Å²) in [7, 11) is 0. The molecule has 0 saturated carbocycles. The average Bonchev–Trinajstić information content (AvgIpc) is 3.20. The Bertz CT molecular complexity index is 1230. The van der Waals surface area contributed by atoms with E-state index >= 15 is 0 Å². The topological polar surface area (TPSA) is 81.1 Å². The molecule has 6 nitrogen and oxygen atoms in total. The highest BCUT2D eigenvalue weighted by atomic mass is 32.1. The zero-order valence-electron chi connectivity index (χ0n) is 15.1. The van der Waals surface area contributed by atoms with Gasteiger partial charge in [0.05, 0.1) is 18.0 Å². The highest BCUT2D eigenvalue weighted by Crippen LogP contribution is 2.42. The maximum absolute atomic E-state index is 13.6. The van der Waals surface area contributed by atoms with Gasteiger partial charge in [-0.15, -0.1) is 0 Å². The number of hydrogen-bond donors (Lipinski definition) is 1. The van der Waals surface area contributed by atoms with Crippen molar-refractivity contribution >= 4 is 33.4 Å². The van der Waals surface area contributed by atoms with Crippen LogP contribution in [0.25, 0.3) is 32.9 Å². The number of nitrogens with zero attached hydrogens (tertiary/aromatic N) is 4. The van der Waals surface area contributed by atoms with Crippen LogP contribution in [0.4, 0.5) is 24.3 Å². The third-order valence-corrected chi connectivity index (χ3v) is 5.72. The molecule has 5 rings (SSSR count). The molecule has 0 radical (unpaired) electrons. The van der Waals surface area contributed by atoms with Crippen molar-refractivity contribution in [3.05, 3.63) is 42.0 Å². The quantitative estimate of drug-likeness (QED) is 0.529. The molecule has 1 aliphatic rings. The average molecular weight is 417 g/mol. The lowest BCUT2D eigenvalue weighted by Crippen LogP contribution is -2.57. The van der Waals surface area contributed by atoms with E-state index < -0.39 is 5.92 Å². The second kappa shape index (κ2) is 6.18. The first kappa shape index (κ1) is 17.9. The Morgan fingerprint density at radius 2 is 1.93 bits per heavy atom. The first-order valence-corrected chi connectivity index (χ1v) is 9.53. The first-order chi connectivity index (χ1) is 13.8. The third-order valence-electron chi connectivity index (χ3n) is 4.78. The van der Waals surface area contributed by atoms with Gasteiger partial charge in [-0.3, -0.25) is 0 Å². The maximum Gasteiger partial charge on any atom is 0.282 e. The Morgan fingerprint density at radius 1 is 1.21 bits per heavy atom. The second-order valence-corrected chi connectivity index (χ2v) is 7.94. The van der Waals surface area contributed by atoms with E-state index in [1.165, 1.54) is 28.4 Å². The van der Waals surface area contributed by atoms with Crippen LogP contribution >= 0.6 is 11.3 Å². The number of aromatic nitrogens is 3. The van der Waals surface area contributed by atoms with Crippen molar-refractivity contribution in [2.24, 2.45) is 0 Å². The summed E-state index contributed by atoms with van der Waals surface area (Å²) in [5.41, 5.74) is 8.36. The van der Waals surface area contributed by atoms with Gasteiger partial charge in [0.25, 0.3) is 5.92 Å². The van der Waals surface area contributed by atoms with Gasteiger partial charge in [-0.05, 0) is 25.1 Å². The summed E-state index contributed by atoms with van der Waals surface area (Å²) in [6.45, 7) is 1.04. The van der Waals surface area contributed by atoms with Crippen molar-refractivity contribution in [1.29, 1.82) is 0 Å². The molecule has 0 atom stereocenters. The minimum Gasteiger partial charge on any atom is -0.454 e. The number of furan rings is 1. The molecular weight excluding hydrogens is 403 g/mol. The predicted molar refractivity (Wildman–Crippen MR) is 105 cm³/mol. The highest BCUT2D eigenvalue weighted by Gasteiger charge is 2.45. The van der Waals surface area contributed by atoms with Gasteiger partial charge in [-0.1, -0.05) is 11.3 Å². The van der Waals surface area contributed by atoms with Gasteiger partial charge in [0.15, 0.2) is 10.9 Å². The fourth-order valence-corrected chi connectivity index (χ4v) is 4.16. The van der Waals surface area contributed by atoms with E-state index in [4.69, 9.17) is 10.2 Å². The fraction of sp³-hybridized carbons (Fsp3) is 0.211. The fourth-order valence-electron chi connectivity index (χ4n) is 3.36. The Morgan fingerprint density at radius 3 is 2.62 bits per heavy atom. The van der Waals surface area contributed by atoms with Crippen molar-refractivity contribution in [1.82, 2.24) is 15.0 Å². The molecule has 0 spiro atoms. The number of nitrogens with two attached hydrogens (primary N) is 1. The van der Waals surface area contributed by atoms with Crippen LogP contribution in [0, 0.1) is 12.7 Å². The van der Waals surface area contributed by atoms with Crippen LogP contribution in [0.5, 0.6) is 0 Å². The molecular formula is C19H14F3N5OS. The minimum atomic E-state index is -2.69. The molecule has 1 fully saturated rings. The van der Waals surface area contributed by atoms with E-state index in [9.17, 15) is 13.2 Å². The number of benzene rings is 1. The van der Waals surface area contributed by atoms with Gasteiger partial charge in [-0.25, -0.2) is 28.1 Å². The molecule has 1 aromatic carbocycles. The molecule has 4 heterocycles. The molecule has 3 aromatic heterocycles. The van der Waals surface area contributed by atoms with Crippen LogP contribution in [0.2, 0.25) is 0 Å². The monoisotopic (exact) mass is 417 g/mol. The zero-order chi connectivity index (χ0) is 20.3. The van der Waals surface area contributed by atoms with E-state index in [1.54, 1.807) is 18.5 Å². The molecule has 0 bridgehead atoms. The van der Waals surface area contributed by atoms with Crippen molar-refractivity contribution in [3.8, 4) is 21.9 Å². The summed E-state index contributed by atoms with van der Waals surface area (Å²) < 4.78 is 45.7. The Labute approximate surface area is 166 Å². The molecule has 1 saturated heterocycles. The lowest BCUT2D eigenvalue weighted by molar-refractivity contribution is -0.0271. The smallest absolute Gasteiger partial charge is 0.282 e. The van der Waals surface area contributed by atoms with Crippen molar-refractivity contribution in [3.63, 3.8) is 0 Å². The van der Waals surface area contributed by atoms with Crippen LogP contribution in [0.15, 0.2) is 35.0 Å². The molecule has 2 N–H and O–H groups in total. The molecule has 0 unspecified atom stereocenters. The molecule has 10 heteroatoms. The number of rotatable bonds is 3. The number of nitrogen functional groups attached to an aromatic ring is 1. The Kier molecular flexibility index (Phi) is 3.82. The molecule has 148 valence electrons. The van der Waals surface area contributed by atoms with Crippen LogP contribution in [-0.2, 0) is 0 Å². The number of fused-ring (bicyclic) bond motifs is 1. The maximum atomic E-state index is 13.6. The summed E-state index contributed by atoms with van der Waals surface area (Å²) in [4.78, 5) is 14.9. The number of thiazole rings is 1. The largest absolute Gasteiger partial charge is 0.454 e. The van der Waals surface area contributed by atoms with Gasteiger partial charge < -0.3 is 15.1 Å². The van der Waals surface area contributed by atoms with E-state index in [-0.39, 0.29) is 24.9 Å². The van der Waals surface area contributed by atoms with Gasteiger partial charge in [0.2, 0.25) is 5.95 Å². The summed E-state index contributed by atoms with van der Waals surface area (Å²) >= 11 is 1.24. The van der Waals surface area contributed by atoms with Crippen LogP contribution in [-0.4, -0.2) is 34.0 Å². The van der Waals surface area contributed by atoms with Crippen molar-refractivity contribution in [2.45, 2.75) is 12.8 Å². The molecule has 0 aliphatic carbocycles. The molecule has 0 amide bonds. The highest BCUT2D eigenvalue weighted by molar-refractivity contribution is 7.19. The first-order valence-electron chi connectivity index (χ1n) is 8.71.